The van der Waals surface area contributed by atoms with Gasteiger partial charge in [0.1, 0.15) is 6.61 Å². The van der Waals surface area contributed by atoms with Crippen LogP contribution in [0, 0.1) is 0 Å². The van der Waals surface area contributed by atoms with Crippen molar-refractivity contribution in [3.63, 3.8) is 0 Å². The molecule has 0 bridgehead atoms. The molecule has 0 amide bonds. The van der Waals surface area contributed by atoms with E-state index < -0.39 is 0 Å². The Labute approximate surface area is 58.9 Å². The molecular weight excluding hydrogens is 128 g/mol. The Morgan fingerprint density at radius 3 is 3.50 bits per heavy atom. The molecule has 0 aromatic carbocycles. The summed E-state index contributed by atoms with van der Waals surface area (Å²) in [6.07, 6.45) is 3.52. The number of aromatic nitrogens is 2. The van der Waals surface area contributed by atoms with E-state index in [1.54, 1.807) is 12.3 Å². The molecule has 0 aliphatic carbocycles. The maximum absolute atomic E-state index is 5.29. The Hall–Kier alpha value is -1.25. The zero-order chi connectivity index (χ0) is 6.97. The molecule has 1 aliphatic rings. The minimum Gasteiger partial charge on any atom is -0.475 e. The van der Waals surface area contributed by atoms with Crippen LogP contribution in [-0.2, 0) is 6.54 Å². The lowest BCUT2D eigenvalue weighted by Crippen LogP contribution is -1.93. The van der Waals surface area contributed by atoms with Gasteiger partial charge >= 0.3 is 0 Å². The first-order valence-electron chi connectivity index (χ1n) is 3.23. The van der Waals surface area contributed by atoms with Crippen molar-refractivity contribution in [2.45, 2.75) is 6.54 Å². The molecule has 0 fully saturated rings. The standard InChI is InChI=1S/C7H8N2O/c1-2-6-5-8-9-3-4-10-7(6)9/h2,5H,1,3-4H2. The van der Waals surface area contributed by atoms with E-state index in [0.29, 0.717) is 0 Å². The van der Waals surface area contributed by atoms with E-state index in [2.05, 4.69) is 11.7 Å². The van der Waals surface area contributed by atoms with Gasteiger partial charge in [-0.15, -0.1) is 0 Å². The first kappa shape index (κ1) is 5.53. The number of hydrogen-bond acceptors (Lipinski definition) is 2. The van der Waals surface area contributed by atoms with Crippen LogP contribution in [0.1, 0.15) is 5.56 Å². The van der Waals surface area contributed by atoms with Gasteiger partial charge in [-0.3, -0.25) is 0 Å². The highest BCUT2D eigenvalue weighted by Gasteiger charge is 2.14. The van der Waals surface area contributed by atoms with Gasteiger partial charge in [-0.05, 0) is 0 Å². The van der Waals surface area contributed by atoms with E-state index in [0.717, 1.165) is 24.6 Å². The Balaban J connectivity index is 2.53. The van der Waals surface area contributed by atoms with Gasteiger partial charge in [0, 0.05) is 0 Å². The molecule has 3 nitrogen and oxygen atoms in total. The van der Waals surface area contributed by atoms with Crippen LogP contribution in [0.25, 0.3) is 6.08 Å². The predicted molar refractivity (Wildman–Crippen MR) is 37.8 cm³/mol. The number of ether oxygens (including phenoxy) is 1. The Morgan fingerprint density at radius 2 is 2.70 bits per heavy atom. The molecule has 10 heavy (non-hydrogen) atoms. The van der Waals surface area contributed by atoms with E-state index in [1.165, 1.54) is 0 Å². The molecule has 2 rings (SSSR count). The van der Waals surface area contributed by atoms with Crippen molar-refractivity contribution in [2.24, 2.45) is 0 Å². The van der Waals surface area contributed by atoms with Crippen LogP contribution in [0.5, 0.6) is 5.88 Å². The van der Waals surface area contributed by atoms with E-state index in [-0.39, 0.29) is 0 Å². The first-order chi connectivity index (χ1) is 4.92. The second kappa shape index (κ2) is 1.87. The number of nitrogens with zero attached hydrogens (tertiary/aromatic N) is 2. The monoisotopic (exact) mass is 136 g/mol. The summed E-state index contributed by atoms with van der Waals surface area (Å²) < 4.78 is 7.13. The summed E-state index contributed by atoms with van der Waals surface area (Å²) in [5, 5.41) is 4.09. The molecule has 1 aromatic heterocycles. The summed E-state index contributed by atoms with van der Waals surface area (Å²) in [5.41, 5.74) is 0.984. The third kappa shape index (κ3) is 0.572. The third-order valence-corrected chi connectivity index (χ3v) is 1.58. The highest BCUT2D eigenvalue weighted by atomic mass is 16.5. The summed E-state index contributed by atoms with van der Waals surface area (Å²) in [4.78, 5) is 0. The van der Waals surface area contributed by atoms with Crippen LogP contribution in [0.15, 0.2) is 12.8 Å². The van der Waals surface area contributed by atoms with Crippen molar-refractivity contribution in [1.82, 2.24) is 9.78 Å². The summed E-state index contributed by atoms with van der Waals surface area (Å²) in [7, 11) is 0. The third-order valence-electron chi connectivity index (χ3n) is 1.58. The molecule has 52 valence electrons. The quantitative estimate of drug-likeness (QED) is 0.574. The molecule has 0 unspecified atom stereocenters. The second-order valence-electron chi connectivity index (χ2n) is 2.18. The molecular formula is C7H8N2O. The van der Waals surface area contributed by atoms with Crippen molar-refractivity contribution in [2.75, 3.05) is 6.61 Å². The minimum absolute atomic E-state index is 0.740. The van der Waals surface area contributed by atoms with E-state index >= 15 is 0 Å². The van der Waals surface area contributed by atoms with Crippen molar-refractivity contribution >= 4 is 6.08 Å². The minimum atomic E-state index is 0.740. The summed E-state index contributed by atoms with van der Waals surface area (Å²) >= 11 is 0. The molecule has 0 radical (unpaired) electrons. The number of fused-ring (bicyclic) bond motifs is 1. The SMILES string of the molecule is C=Cc1cnn2c1OCC2. The normalized spacial score (nSPS) is 14.4. The first-order valence-corrected chi connectivity index (χ1v) is 3.23. The van der Waals surface area contributed by atoms with Gasteiger partial charge in [0.05, 0.1) is 18.3 Å². The number of rotatable bonds is 1. The fourth-order valence-electron chi connectivity index (χ4n) is 1.07. The molecule has 0 spiro atoms. The maximum atomic E-state index is 5.29. The topological polar surface area (TPSA) is 27.1 Å². The Morgan fingerprint density at radius 1 is 1.80 bits per heavy atom. The van der Waals surface area contributed by atoms with Crippen molar-refractivity contribution < 1.29 is 4.74 Å². The lowest BCUT2D eigenvalue weighted by Gasteiger charge is -1.91. The predicted octanol–water partition coefficient (Wildman–Crippen LogP) is 0.918. The molecule has 0 saturated heterocycles. The molecule has 2 heterocycles. The second-order valence-corrected chi connectivity index (χ2v) is 2.18. The van der Waals surface area contributed by atoms with Crippen molar-refractivity contribution in [3.05, 3.63) is 18.3 Å². The summed E-state index contributed by atoms with van der Waals surface area (Å²) in [6.45, 7) is 5.25. The van der Waals surface area contributed by atoms with E-state index in [1.807, 2.05) is 4.68 Å². The van der Waals surface area contributed by atoms with Gasteiger partial charge in [-0.1, -0.05) is 12.7 Å². The Kier molecular flexibility index (Phi) is 1.03. The highest BCUT2D eigenvalue weighted by molar-refractivity contribution is 5.52. The lowest BCUT2D eigenvalue weighted by molar-refractivity contribution is 0.356. The van der Waals surface area contributed by atoms with E-state index in [9.17, 15) is 0 Å². The zero-order valence-corrected chi connectivity index (χ0v) is 5.58. The average molecular weight is 136 g/mol. The lowest BCUT2D eigenvalue weighted by atomic mass is 10.3. The Bertz CT molecular complexity index is 265. The highest BCUT2D eigenvalue weighted by Crippen LogP contribution is 2.22. The largest absolute Gasteiger partial charge is 0.475 e. The van der Waals surface area contributed by atoms with Crippen LogP contribution in [0.3, 0.4) is 0 Å². The molecule has 0 atom stereocenters. The summed E-state index contributed by atoms with van der Waals surface area (Å²) in [5.74, 6) is 0.856. The van der Waals surface area contributed by atoms with Crippen LogP contribution in [-0.4, -0.2) is 16.4 Å². The number of hydrogen-bond donors (Lipinski definition) is 0. The molecule has 1 aliphatic heterocycles. The fourth-order valence-corrected chi connectivity index (χ4v) is 1.07. The molecule has 1 aromatic rings. The summed E-state index contributed by atoms with van der Waals surface area (Å²) in [6, 6.07) is 0. The molecule has 0 N–H and O–H groups in total. The van der Waals surface area contributed by atoms with Crippen LogP contribution >= 0.6 is 0 Å². The zero-order valence-electron chi connectivity index (χ0n) is 5.58. The van der Waals surface area contributed by atoms with Gasteiger partial charge in [-0.2, -0.15) is 5.10 Å². The smallest absolute Gasteiger partial charge is 0.219 e. The van der Waals surface area contributed by atoms with Gasteiger partial charge < -0.3 is 4.74 Å². The fraction of sp³-hybridized carbons (Fsp3) is 0.286. The van der Waals surface area contributed by atoms with Crippen LogP contribution < -0.4 is 4.74 Å². The maximum Gasteiger partial charge on any atom is 0.219 e. The van der Waals surface area contributed by atoms with Gasteiger partial charge in [0.2, 0.25) is 5.88 Å². The van der Waals surface area contributed by atoms with E-state index in [4.69, 9.17) is 4.74 Å². The van der Waals surface area contributed by atoms with Gasteiger partial charge in [-0.25, -0.2) is 4.68 Å². The van der Waals surface area contributed by atoms with Gasteiger partial charge in [0.15, 0.2) is 0 Å². The molecule has 3 heteroatoms. The van der Waals surface area contributed by atoms with Crippen LogP contribution in [0.4, 0.5) is 0 Å². The van der Waals surface area contributed by atoms with Gasteiger partial charge in [0.25, 0.3) is 0 Å². The van der Waals surface area contributed by atoms with Crippen molar-refractivity contribution in [1.29, 1.82) is 0 Å². The van der Waals surface area contributed by atoms with Crippen LogP contribution in [0.2, 0.25) is 0 Å². The molecule has 0 saturated carbocycles. The van der Waals surface area contributed by atoms with Crippen molar-refractivity contribution in [3.8, 4) is 5.88 Å². The average Bonchev–Trinajstić information content (AvgIpc) is 2.44.